The van der Waals surface area contributed by atoms with E-state index in [1.807, 2.05) is 0 Å². The summed E-state index contributed by atoms with van der Waals surface area (Å²) in [5, 5.41) is 8.83. The van der Waals surface area contributed by atoms with Crippen LogP contribution in [0.4, 0.5) is 4.39 Å². The van der Waals surface area contributed by atoms with Crippen LogP contribution >= 0.6 is 15.9 Å². The van der Waals surface area contributed by atoms with E-state index in [2.05, 4.69) is 20.7 Å². The molecule has 0 aromatic heterocycles. The molecule has 0 aliphatic carbocycles. The Balaban J connectivity index is 3.26. The highest BCUT2D eigenvalue weighted by Crippen LogP contribution is 2.23. The Kier molecular flexibility index (Phi) is 4.00. The Bertz CT molecular complexity index is 445. The van der Waals surface area contributed by atoms with E-state index in [1.54, 1.807) is 0 Å². The van der Waals surface area contributed by atoms with Crippen LogP contribution in [0.3, 0.4) is 0 Å². The zero-order valence-electron chi connectivity index (χ0n) is 8.29. The van der Waals surface area contributed by atoms with Crippen LogP contribution in [0.15, 0.2) is 16.6 Å². The lowest BCUT2D eigenvalue weighted by atomic mass is 10.0. The van der Waals surface area contributed by atoms with Crippen molar-refractivity contribution in [1.82, 2.24) is 0 Å². The molecule has 0 aliphatic rings. The fourth-order valence-corrected chi connectivity index (χ4v) is 1.55. The van der Waals surface area contributed by atoms with Crippen molar-refractivity contribution in [3.05, 3.63) is 33.5 Å². The summed E-state index contributed by atoms with van der Waals surface area (Å²) in [6.45, 7) is 0. The van der Waals surface area contributed by atoms with Gasteiger partial charge in [-0.15, -0.1) is 0 Å². The van der Waals surface area contributed by atoms with Gasteiger partial charge < -0.3 is 9.84 Å². The molecule has 0 spiro atoms. The zero-order chi connectivity index (χ0) is 12.3. The second-order valence-electron chi connectivity index (χ2n) is 2.95. The number of carbonyl (C=O) groups is 2. The molecule has 1 rings (SSSR count). The SMILES string of the molecule is COC(=O)Cc1c(C(=O)O)ccc(Br)c1F. The minimum Gasteiger partial charge on any atom is -0.478 e. The zero-order valence-corrected chi connectivity index (χ0v) is 9.88. The average molecular weight is 291 g/mol. The molecule has 0 unspecified atom stereocenters. The first-order chi connectivity index (χ1) is 7.47. The fourth-order valence-electron chi connectivity index (χ4n) is 1.18. The van der Waals surface area contributed by atoms with Crippen molar-refractivity contribution in [3.63, 3.8) is 0 Å². The van der Waals surface area contributed by atoms with Gasteiger partial charge in [-0.3, -0.25) is 4.79 Å². The van der Waals surface area contributed by atoms with Crippen molar-refractivity contribution in [1.29, 1.82) is 0 Å². The van der Waals surface area contributed by atoms with E-state index in [0.29, 0.717) is 0 Å². The minimum absolute atomic E-state index is 0.108. The lowest BCUT2D eigenvalue weighted by Crippen LogP contribution is -2.12. The summed E-state index contributed by atoms with van der Waals surface area (Å²) >= 11 is 2.92. The second kappa shape index (κ2) is 5.07. The molecule has 0 atom stereocenters. The van der Waals surface area contributed by atoms with E-state index >= 15 is 0 Å². The smallest absolute Gasteiger partial charge is 0.336 e. The van der Waals surface area contributed by atoms with Gasteiger partial charge in [0.25, 0.3) is 0 Å². The standard InChI is InChI=1S/C10H8BrFO4/c1-16-8(13)4-6-5(10(14)15)2-3-7(11)9(6)12/h2-3H,4H2,1H3,(H,14,15). The van der Waals surface area contributed by atoms with Gasteiger partial charge in [0.05, 0.1) is 23.6 Å². The first-order valence-corrected chi connectivity index (χ1v) is 5.03. The fraction of sp³-hybridized carbons (Fsp3) is 0.200. The maximum atomic E-state index is 13.6. The predicted octanol–water partition coefficient (Wildman–Crippen LogP) is 2.00. The van der Waals surface area contributed by atoms with E-state index in [-0.39, 0.29) is 15.6 Å². The number of methoxy groups -OCH3 is 1. The van der Waals surface area contributed by atoms with Crippen LogP contribution in [0.5, 0.6) is 0 Å². The predicted molar refractivity (Wildman–Crippen MR) is 56.8 cm³/mol. The summed E-state index contributed by atoms with van der Waals surface area (Å²) in [5.74, 6) is -2.74. The quantitative estimate of drug-likeness (QED) is 0.865. The third-order valence-electron chi connectivity index (χ3n) is 1.98. The molecule has 0 radical (unpaired) electrons. The van der Waals surface area contributed by atoms with Gasteiger partial charge in [-0.05, 0) is 28.1 Å². The molecule has 16 heavy (non-hydrogen) atoms. The number of ether oxygens (including phenoxy) is 1. The molecular formula is C10H8BrFO4. The van der Waals surface area contributed by atoms with Gasteiger partial charge in [-0.25, -0.2) is 9.18 Å². The number of benzene rings is 1. The molecule has 0 bridgehead atoms. The lowest BCUT2D eigenvalue weighted by Gasteiger charge is -2.07. The van der Waals surface area contributed by atoms with Crippen molar-refractivity contribution in [2.45, 2.75) is 6.42 Å². The molecule has 0 saturated carbocycles. The second-order valence-corrected chi connectivity index (χ2v) is 3.80. The number of esters is 1. The number of aromatic carboxylic acids is 1. The summed E-state index contributed by atoms with van der Waals surface area (Å²) in [4.78, 5) is 21.8. The number of carboxylic acids is 1. The normalized spacial score (nSPS) is 9.94. The van der Waals surface area contributed by atoms with Gasteiger partial charge in [0.1, 0.15) is 5.82 Å². The Labute approximate surface area is 99.2 Å². The number of hydrogen-bond acceptors (Lipinski definition) is 3. The largest absolute Gasteiger partial charge is 0.478 e. The first-order valence-electron chi connectivity index (χ1n) is 4.24. The van der Waals surface area contributed by atoms with Gasteiger partial charge in [0.2, 0.25) is 0 Å². The van der Waals surface area contributed by atoms with Crippen LogP contribution in [0.25, 0.3) is 0 Å². The van der Waals surface area contributed by atoms with Gasteiger partial charge in [0.15, 0.2) is 0 Å². The van der Waals surface area contributed by atoms with Crippen molar-refractivity contribution in [2.24, 2.45) is 0 Å². The Morgan fingerprint density at radius 3 is 2.62 bits per heavy atom. The molecule has 6 heteroatoms. The van der Waals surface area contributed by atoms with Crippen molar-refractivity contribution in [3.8, 4) is 0 Å². The number of rotatable bonds is 3. The van der Waals surface area contributed by atoms with Crippen LogP contribution in [0, 0.1) is 5.82 Å². The minimum atomic E-state index is -1.29. The van der Waals surface area contributed by atoms with Crippen LogP contribution in [-0.4, -0.2) is 24.2 Å². The van der Waals surface area contributed by atoms with Crippen LogP contribution in [0.2, 0.25) is 0 Å². The lowest BCUT2D eigenvalue weighted by molar-refractivity contribution is -0.139. The topological polar surface area (TPSA) is 63.6 Å². The van der Waals surface area contributed by atoms with Crippen LogP contribution in [0.1, 0.15) is 15.9 Å². The van der Waals surface area contributed by atoms with E-state index in [0.717, 1.165) is 7.11 Å². The maximum Gasteiger partial charge on any atom is 0.336 e. The first kappa shape index (κ1) is 12.6. The molecule has 0 saturated heterocycles. The molecule has 4 nitrogen and oxygen atoms in total. The Morgan fingerprint density at radius 2 is 2.12 bits per heavy atom. The Hall–Kier alpha value is -1.43. The van der Waals surface area contributed by atoms with E-state index in [4.69, 9.17) is 5.11 Å². The summed E-state index contributed by atoms with van der Waals surface area (Å²) in [7, 11) is 1.15. The van der Waals surface area contributed by atoms with E-state index in [9.17, 15) is 14.0 Å². The summed E-state index contributed by atoms with van der Waals surface area (Å²) in [6, 6.07) is 2.51. The van der Waals surface area contributed by atoms with Crippen molar-refractivity contribution in [2.75, 3.05) is 7.11 Å². The van der Waals surface area contributed by atoms with Gasteiger partial charge in [-0.2, -0.15) is 0 Å². The monoisotopic (exact) mass is 290 g/mol. The number of carbonyl (C=O) groups excluding carboxylic acids is 1. The third-order valence-corrected chi connectivity index (χ3v) is 2.59. The summed E-state index contributed by atoms with van der Waals surface area (Å²) < 4.78 is 18.1. The van der Waals surface area contributed by atoms with E-state index < -0.39 is 24.2 Å². The van der Waals surface area contributed by atoms with Crippen molar-refractivity contribution < 1.29 is 23.8 Å². The molecule has 1 aromatic carbocycles. The molecule has 0 heterocycles. The number of hydrogen-bond donors (Lipinski definition) is 1. The molecule has 1 aromatic rings. The molecule has 0 aliphatic heterocycles. The van der Waals surface area contributed by atoms with Crippen molar-refractivity contribution >= 4 is 27.9 Å². The Morgan fingerprint density at radius 1 is 1.50 bits per heavy atom. The highest BCUT2D eigenvalue weighted by Gasteiger charge is 2.19. The molecular weight excluding hydrogens is 283 g/mol. The molecule has 0 amide bonds. The maximum absolute atomic E-state index is 13.6. The van der Waals surface area contributed by atoms with Crippen LogP contribution in [-0.2, 0) is 16.0 Å². The third kappa shape index (κ3) is 2.57. The van der Waals surface area contributed by atoms with Crippen LogP contribution < -0.4 is 0 Å². The molecule has 0 fully saturated rings. The molecule has 1 N–H and O–H groups in total. The van der Waals surface area contributed by atoms with E-state index in [1.165, 1.54) is 12.1 Å². The molecule has 86 valence electrons. The number of halogens is 2. The average Bonchev–Trinajstić information content (AvgIpc) is 2.24. The van der Waals surface area contributed by atoms with Gasteiger partial charge >= 0.3 is 11.9 Å². The van der Waals surface area contributed by atoms with Gasteiger partial charge in [0, 0.05) is 5.56 Å². The highest BCUT2D eigenvalue weighted by molar-refractivity contribution is 9.10. The van der Waals surface area contributed by atoms with Gasteiger partial charge in [-0.1, -0.05) is 0 Å². The highest BCUT2D eigenvalue weighted by atomic mass is 79.9. The summed E-state index contributed by atoms with van der Waals surface area (Å²) in [6.07, 6.45) is -0.413. The number of carboxylic acid groups (broad SMARTS) is 1. The summed E-state index contributed by atoms with van der Waals surface area (Å²) in [5.41, 5.74) is -0.431.